The number of thioether (sulfide) groups is 1. The molecule has 3 saturated heterocycles. The molecule has 4 amide bonds. The number of phosphoric ester groups is 1. The number of carbonyl (C=O) groups excluding carboxylic acids is 3. The van der Waals surface area contributed by atoms with Gasteiger partial charge in [-0.3, -0.25) is 18.7 Å². The molecule has 1 aromatic heterocycles. The monoisotopic (exact) mass is 1300 g/mol. The maximum Gasteiger partial charge on any atom is 0.490 e. The van der Waals surface area contributed by atoms with Crippen molar-refractivity contribution in [3.05, 3.63) is 75.8 Å². The number of hydrogen-bond acceptors (Lipinski definition) is 23. The zero-order chi connectivity index (χ0) is 59.9. The van der Waals surface area contributed by atoms with E-state index >= 15 is 0 Å². The van der Waals surface area contributed by atoms with Crippen LogP contribution in [0.3, 0.4) is 0 Å². The Morgan fingerprint density at radius 3 is 2.43 bits per heavy atom. The third-order valence-corrected chi connectivity index (χ3v) is 23.0. The van der Waals surface area contributed by atoms with Gasteiger partial charge in [0.2, 0.25) is 5.91 Å². The van der Waals surface area contributed by atoms with Crippen LogP contribution in [0.5, 0.6) is 5.75 Å². The number of azo groups is 1. The zero-order valence-corrected chi connectivity index (χ0v) is 51.8. The molecule has 6 unspecified atom stereocenters. The van der Waals surface area contributed by atoms with E-state index < -0.39 is 58.9 Å². The second kappa shape index (κ2) is 30.6. The van der Waals surface area contributed by atoms with Gasteiger partial charge in [0.15, 0.2) is 0 Å². The van der Waals surface area contributed by atoms with Crippen molar-refractivity contribution >= 4 is 113 Å². The van der Waals surface area contributed by atoms with Crippen molar-refractivity contribution in [2.24, 2.45) is 10.2 Å². The molecule has 0 radical (unpaired) electrons. The number of benzene rings is 2. The number of ether oxygens (including phenoxy) is 3. The fourth-order valence-corrected chi connectivity index (χ4v) is 16.7. The highest BCUT2D eigenvalue weighted by molar-refractivity contribution is 8.77. The third kappa shape index (κ3) is 23.0. The molecular formula is C47H66N9O18P3S5. The number of hydrogen-bond donors (Lipinski definition) is 10. The molecule has 0 saturated carbocycles. The molecule has 3 fully saturated rings. The van der Waals surface area contributed by atoms with Gasteiger partial charge >= 0.3 is 35.2 Å². The SMILES string of the molecule is CC(C)(C)SSCOC1C[C@H](n2cc(C#CCOCSSC(C)(C)CNC(=O)c3ccc(N=Nc4ccc(CCNC(=O)CCCCC5SCC6NC(=O)NC65)cc4O)cc3)c(N)nc2=O)O[C@@H]1COP(=O)(O)OP(=O)(O)OP(=O)(O)O. The number of nitrogen functional groups attached to an aromatic ring is 1. The van der Waals surface area contributed by atoms with Crippen LogP contribution < -0.4 is 32.7 Å². The molecule has 0 aliphatic carbocycles. The van der Waals surface area contributed by atoms with E-state index in [1.54, 1.807) is 36.4 Å². The third-order valence-electron chi connectivity index (χ3n) is 11.7. The summed E-state index contributed by atoms with van der Waals surface area (Å²) in [6.45, 7) is 9.76. The number of urea groups is 1. The minimum atomic E-state index is -5.78. The molecule has 6 rings (SSSR count). The minimum absolute atomic E-state index is 0.0205. The van der Waals surface area contributed by atoms with Gasteiger partial charge in [-0.15, -0.1) is 5.11 Å². The first-order valence-corrected chi connectivity index (χ1v) is 35.4. The number of phenols is 1. The Morgan fingerprint density at radius 1 is 0.963 bits per heavy atom. The number of phenolic OH excluding ortho intramolecular Hbond substituents is 1. The Hall–Kier alpha value is -3.67. The van der Waals surface area contributed by atoms with Gasteiger partial charge in [0.25, 0.3) is 5.91 Å². The fraction of sp³-hybridized carbons (Fsp3) is 0.553. The number of amides is 4. The van der Waals surface area contributed by atoms with Gasteiger partial charge in [-0.05, 0) is 75.1 Å². The molecule has 452 valence electrons. The molecule has 3 aliphatic rings. The Kier molecular flexibility index (Phi) is 25.2. The number of anilines is 1. The van der Waals surface area contributed by atoms with Gasteiger partial charge in [0, 0.05) is 58.2 Å². The number of unbranched alkanes of at least 4 members (excludes halogenated alkanes) is 1. The number of nitrogens with two attached hydrogens (primary N) is 1. The van der Waals surface area contributed by atoms with E-state index in [-0.39, 0.29) is 82.4 Å². The van der Waals surface area contributed by atoms with Crippen LogP contribution in [0.2, 0.25) is 0 Å². The van der Waals surface area contributed by atoms with Crippen molar-refractivity contribution in [2.45, 2.75) is 118 Å². The highest BCUT2D eigenvalue weighted by Crippen LogP contribution is 2.66. The van der Waals surface area contributed by atoms with E-state index in [0.29, 0.717) is 42.4 Å². The summed E-state index contributed by atoms with van der Waals surface area (Å²) in [7, 11) is -11.2. The van der Waals surface area contributed by atoms with Crippen molar-refractivity contribution in [1.82, 2.24) is 30.8 Å². The summed E-state index contributed by atoms with van der Waals surface area (Å²) in [6, 6.07) is 11.8. The summed E-state index contributed by atoms with van der Waals surface area (Å²) in [5.41, 5.74) is 7.30. The number of nitrogens with one attached hydrogen (secondary N) is 4. The summed E-state index contributed by atoms with van der Waals surface area (Å²) >= 11 is 1.86. The second-order valence-electron chi connectivity index (χ2n) is 20.1. The summed E-state index contributed by atoms with van der Waals surface area (Å²) < 4.78 is 65.9. The van der Waals surface area contributed by atoms with Crippen molar-refractivity contribution < 1.29 is 80.1 Å². The van der Waals surface area contributed by atoms with Gasteiger partial charge < -0.3 is 65.9 Å². The lowest BCUT2D eigenvalue weighted by atomic mass is 10.0. The topological polar surface area (TPSA) is 393 Å². The van der Waals surface area contributed by atoms with Crippen LogP contribution in [0.1, 0.15) is 94.4 Å². The number of phosphoric acid groups is 3. The highest BCUT2D eigenvalue weighted by atomic mass is 33.1. The van der Waals surface area contributed by atoms with Crippen LogP contribution in [-0.2, 0) is 52.3 Å². The zero-order valence-electron chi connectivity index (χ0n) is 45.1. The lowest BCUT2D eigenvalue weighted by molar-refractivity contribution is -0.121. The molecule has 3 aliphatic heterocycles. The quantitative estimate of drug-likeness (QED) is 0.00591. The predicted octanol–water partition coefficient (Wildman–Crippen LogP) is 7.40. The van der Waals surface area contributed by atoms with E-state index in [1.165, 1.54) is 49.4 Å². The molecule has 11 N–H and O–H groups in total. The molecule has 3 aromatic rings. The van der Waals surface area contributed by atoms with Crippen LogP contribution >= 0.6 is 78.4 Å². The van der Waals surface area contributed by atoms with Gasteiger partial charge in [0.1, 0.15) is 48.1 Å². The maximum absolute atomic E-state index is 13.1. The van der Waals surface area contributed by atoms with Gasteiger partial charge in [-0.1, -0.05) is 88.3 Å². The maximum atomic E-state index is 13.1. The standard InChI is InChI=1S/C47H66N9O18P3S5/c1-46(2,3)81-80-28-70-36-22-40(72-37(36)24-71-76(65,66)74-77(67,68)73-75(62,63)64)56-23-31(42(48)53-45(56)61)9-8-20-69-27-79-82-47(4,5)26-50-43(59)30-13-15-32(16-14-30)54-55-33-17-12-29(21-35(33)57)18-19-49-39(58)11-7-6-10-38-41-34(25-78-38)51-44(60)52-41/h12-17,21,23,34,36-38,40-41,57H,6-7,10-11,18-20,22,24-28H2,1-5H3,(H,49,58)(H,50,59)(H,65,66)(H,67,68)(H2,48,53,61)(H2,51,52,60)(H2,62,63,64)/t34?,36?,37-,38?,40-,41?/m1/s1. The van der Waals surface area contributed by atoms with E-state index in [4.69, 9.17) is 34.3 Å². The van der Waals surface area contributed by atoms with Crippen molar-refractivity contribution in [2.75, 3.05) is 49.7 Å². The summed E-state index contributed by atoms with van der Waals surface area (Å²) in [4.78, 5) is 91.3. The van der Waals surface area contributed by atoms with Crippen molar-refractivity contribution in [3.63, 3.8) is 0 Å². The number of rotatable bonds is 30. The van der Waals surface area contributed by atoms with Gasteiger partial charge in [-0.25, -0.2) is 23.3 Å². The number of aromatic hydroxyl groups is 1. The molecule has 82 heavy (non-hydrogen) atoms. The van der Waals surface area contributed by atoms with E-state index in [9.17, 15) is 47.8 Å². The highest BCUT2D eigenvalue weighted by Gasteiger charge is 2.45. The minimum Gasteiger partial charge on any atom is -0.506 e. The first kappa shape index (κ1) is 67.5. The lowest BCUT2D eigenvalue weighted by Crippen LogP contribution is -2.36. The normalized spacial score (nSPS) is 21.5. The number of nitrogens with zero attached hydrogens (tertiary/aromatic N) is 4. The molecule has 27 nitrogen and oxygen atoms in total. The Bertz CT molecular complexity index is 3020. The lowest BCUT2D eigenvalue weighted by Gasteiger charge is -2.23. The van der Waals surface area contributed by atoms with Crippen LogP contribution in [0.25, 0.3) is 0 Å². The second-order valence-corrected chi connectivity index (χ2v) is 31.8. The Morgan fingerprint density at radius 2 is 1.71 bits per heavy atom. The van der Waals surface area contributed by atoms with Gasteiger partial charge in [-0.2, -0.15) is 30.5 Å². The summed E-state index contributed by atoms with van der Waals surface area (Å²) in [6.07, 6.45) is 1.66. The molecule has 35 heteroatoms. The molecule has 0 bridgehead atoms. The number of carbonyl (C=O) groups is 3. The fourth-order valence-electron chi connectivity index (χ4n) is 7.94. The Labute approximate surface area is 493 Å². The van der Waals surface area contributed by atoms with E-state index in [0.717, 1.165) is 35.1 Å². The van der Waals surface area contributed by atoms with Crippen LogP contribution in [0.4, 0.5) is 22.0 Å². The number of aromatic nitrogens is 2. The predicted molar refractivity (Wildman–Crippen MR) is 315 cm³/mol. The first-order chi connectivity index (χ1) is 38.5. The smallest absolute Gasteiger partial charge is 0.490 e. The van der Waals surface area contributed by atoms with Crippen molar-refractivity contribution in [3.8, 4) is 17.6 Å². The average Bonchev–Trinajstić information content (AvgIpc) is 4.11. The van der Waals surface area contributed by atoms with Crippen LogP contribution in [0, 0.1) is 11.8 Å². The summed E-state index contributed by atoms with van der Waals surface area (Å²) in [5.74, 6) is 6.31. The van der Waals surface area contributed by atoms with E-state index in [1.807, 2.05) is 52.4 Å². The molecule has 8 atom stereocenters. The van der Waals surface area contributed by atoms with Crippen LogP contribution in [-0.4, -0.2) is 135 Å². The molecule has 0 spiro atoms. The first-order valence-electron chi connectivity index (χ1n) is 25.2. The molecule has 2 aromatic carbocycles. The Balaban J connectivity index is 0.888. The van der Waals surface area contributed by atoms with Gasteiger partial charge in [0.05, 0.1) is 36.0 Å². The van der Waals surface area contributed by atoms with Crippen molar-refractivity contribution in [1.29, 1.82) is 0 Å². The van der Waals surface area contributed by atoms with E-state index in [2.05, 4.69) is 56.9 Å². The molecular weight excluding hydrogens is 1230 g/mol. The largest absolute Gasteiger partial charge is 0.506 e. The van der Waals surface area contributed by atoms with Crippen LogP contribution in [0.15, 0.2) is 63.7 Å². The average molecular weight is 1300 g/mol. The summed E-state index contributed by atoms with van der Waals surface area (Å²) in [5, 5.41) is 31.2. The number of fused-ring (bicyclic) bond motifs is 1. The molecule has 4 heterocycles.